The van der Waals surface area contributed by atoms with E-state index in [4.69, 9.17) is 0 Å². The molecule has 1 aliphatic rings. The number of hydrogen-bond acceptors (Lipinski definition) is 1. The van der Waals surface area contributed by atoms with Crippen LogP contribution in [-0.4, -0.2) is 6.54 Å². The van der Waals surface area contributed by atoms with Crippen LogP contribution in [-0.2, 0) is 5.41 Å². The molecule has 0 fully saturated rings. The van der Waals surface area contributed by atoms with Crippen molar-refractivity contribution in [2.24, 2.45) is 11.3 Å². The smallest absolute Gasteiger partial charge is 0.0450 e. The quantitative estimate of drug-likeness (QED) is 0.0642. The number of allylic oxidation sites excluding steroid dienone is 4. The Labute approximate surface area is 327 Å². The second kappa shape index (κ2) is 28.9. The first-order chi connectivity index (χ1) is 25.3. The normalized spacial score (nSPS) is 15.7. The molecule has 52 heavy (non-hydrogen) atoms. The van der Waals surface area contributed by atoms with Crippen LogP contribution < -0.4 is 4.90 Å². The summed E-state index contributed by atoms with van der Waals surface area (Å²) in [5.74, 6) is 0.322. The molecule has 0 aromatic heterocycles. The molecule has 0 saturated heterocycles. The van der Waals surface area contributed by atoms with Crippen LogP contribution in [0.1, 0.15) is 240 Å². The van der Waals surface area contributed by atoms with Crippen LogP contribution in [0.15, 0.2) is 48.2 Å². The van der Waals surface area contributed by atoms with Crippen LogP contribution in [0.4, 0.5) is 5.69 Å². The summed E-state index contributed by atoms with van der Waals surface area (Å²) in [5, 5.41) is 0. The van der Waals surface area contributed by atoms with E-state index in [0.29, 0.717) is 5.92 Å². The molecule has 0 saturated carbocycles. The first kappa shape index (κ1) is 46.7. The summed E-state index contributed by atoms with van der Waals surface area (Å²) in [7, 11) is 0. The molecular formula is C51H90N. The van der Waals surface area contributed by atoms with E-state index in [1.54, 1.807) is 0 Å². The number of unbranched alkanes of at least 4 members (excludes halogenated alkanes) is 27. The summed E-state index contributed by atoms with van der Waals surface area (Å²) in [4.78, 5) is 2.64. The maximum absolute atomic E-state index is 4.64. The van der Waals surface area contributed by atoms with E-state index in [-0.39, 0.29) is 10.8 Å². The number of hydrogen-bond donors (Lipinski definition) is 0. The molecule has 2 rings (SSSR count). The molecule has 1 heterocycles. The van der Waals surface area contributed by atoms with Gasteiger partial charge in [0.1, 0.15) is 0 Å². The Kier molecular flexibility index (Phi) is 25.9. The van der Waals surface area contributed by atoms with Gasteiger partial charge in [-0.25, -0.2) is 0 Å². The van der Waals surface area contributed by atoms with Gasteiger partial charge >= 0.3 is 0 Å². The second-order valence-corrected chi connectivity index (χ2v) is 18.1. The highest BCUT2D eigenvalue weighted by atomic mass is 15.2. The number of fused-ring (bicyclic) bond motifs is 1. The van der Waals surface area contributed by atoms with Crippen molar-refractivity contribution in [3.05, 3.63) is 60.7 Å². The SMILES string of the molecule is [CH2]C(C=CC=C1N(CCCCCCCCCCCCCCCCCC)c2ccccc2C1(C)C)C(C)(C)CCCCCCCCCCCCCCC. The molecule has 1 nitrogen and oxygen atoms in total. The van der Waals surface area contributed by atoms with Crippen molar-refractivity contribution >= 4 is 5.69 Å². The topological polar surface area (TPSA) is 3.24 Å². The van der Waals surface area contributed by atoms with Gasteiger partial charge in [-0.15, -0.1) is 0 Å². The lowest BCUT2D eigenvalue weighted by Crippen LogP contribution is -2.27. The lowest BCUT2D eigenvalue weighted by Gasteiger charge is -2.30. The van der Waals surface area contributed by atoms with Gasteiger partial charge in [-0.2, -0.15) is 0 Å². The molecule has 0 amide bonds. The highest BCUT2D eigenvalue weighted by molar-refractivity contribution is 5.70. The lowest BCUT2D eigenvalue weighted by molar-refractivity contribution is 0.264. The summed E-state index contributed by atoms with van der Waals surface area (Å²) in [5.41, 5.74) is 4.60. The Hall–Kier alpha value is -1.50. The third kappa shape index (κ3) is 19.2. The summed E-state index contributed by atoms with van der Waals surface area (Å²) in [6, 6.07) is 9.14. The first-order valence-electron chi connectivity index (χ1n) is 23.3. The van der Waals surface area contributed by atoms with Crippen molar-refractivity contribution in [1.29, 1.82) is 0 Å². The third-order valence-electron chi connectivity index (χ3n) is 12.6. The van der Waals surface area contributed by atoms with Crippen molar-refractivity contribution in [1.82, 2.24) is 0 Å². The maximum Gasteiger partial charge on any atom is 0.0450 e. The van der Waals surface area contributed by atoms with Crippen molar-refractivity contribution in [3.8, 4) is 0 Å². The molecule has 0 aliphatic carbocycles. The average Bonchev–Trinajstić information content (AvgIpc) is 3.34. The molecule has 1 aromatic carbocycles. The van der Waals surface area contributed by atoms with Crippen LogP contribution >= 0.6 is 0 Å². The Morgan fingerprint density at radius 1 is 0.577 bits per heavy atom. The molecule has 1 heteroatoms. The predicted octanol–water partition coefficient (Wildman–Crippen LogP) is 17.4. The standard InChI is InChI=1S/C51H90N/c1-8-10-12-14-16-18-20-22-23-24-26-28-30-32-34-38-45-52-48-42-36-35-41-47(48)51(6,7)49(52)43-39-40-46(3)50(4,5)44-37-33-31-29-27-25-21-19-17-15-13-11-9-2/h35-36,39-43,46H,3,8-34,37-38,44-45H2,1-2,4-7H3. The zero-order chi connectivity index (χ0) is 37.8. The number of anilines is 1. The fourth-order valence-electron chi connectivity index (χ4n) is 8.52. The number of rotatable bonds is 34. The minimum absolute atomic E-state index is 0.0246. The Morgan fingerprint density at radius 2 is 0.962 bits per heavy atom. The van der Waals surface area contributed by atoms with Crippen LogP contribution in [0.5, 0.6) is 0 Å². The van der Waals surface area contributed by atoms with E-state index in [0.717, 1.165) is 6.54 Å². The predicted molar refractivity (Wildman–Crippen MR) is 237 cm³/mol. The molecule has 0 spiro atoms. The monoisotopic (exact) mass is 717 g/mol. The van der Waals surface area contributed by atoms with Crippen LogP contribution in [0.3, 0.4) is 0 Å². The van der Waals surface area contributed by atoms with Crippen molar-refractivity contribution < 1.29 is 0 Å². The summed E-state index contributed by atoms with van der Waals surface area (Å²) >= 11 is 0. The zero-order valence-corrected chi connectivity index (χ0v) is 36.2. The van der Waals surface area contributed by atoms with Gasteiger partial charge in [0.05, 0.1) is 0 Å². The van der Waals surface area contributed by atoms with E-state index in [1.807, 2.05) is 0 Å². The molecule has 299 valence electrons. The van der Waals surface area contributed by atoms with Gasteiger partial charge in [0.2, 0.25) is 0 Å². The molecule has 0 N–H and O–H groups in total. The fraction of sp³-hybridized carbons (Fsp3) is 0.784. The highest BCUT2D eigenvalue weighted by Gasteiger charge is 2.39. The molecule has 1 aromatic rings. The van der Waals surface area contributed by atoms with Gasteiger partial charge in [-0.1, -0.05) is 252 Å². The third-order valence-corrected chi connectivity index (χ3v) is 12.6. The number of nitrogens with zero attached hydrogens (tertiary/aromatic N) is 1. The van der Waals surface area contributed by atoms with Crippen molar-refractivity contribution in [3.63, 3.8) is 0 Å². The zero-order valence-electron chi connectivity index (χ0n) is 36.2. The van der Waals surface area contributed by atoms with Gasteiger partial charge in [0.25, 0.3) is 0 Å². The fourth-order valence-corrected chi connectivity index (χ4v) is 8.52. The average molecular weight is 717 g/mol. The van der Waals surface area contributed by atoms with Gasteiger partial charge in [-0.3, -0.25) is 0 Å². The van der Waals surface area contributed by atoms with Crippen molar-refractivity contribution in [2.75, 3.05) is 11.4 Å². The Bertz CT molecular complexity index is 1040. The highest BCUT2D eigenvalue weighted by Crippen LogP contribution is 2.47. The first-order valence-corrected chi connectivity index (χ1v) is 23.3. The van der Waals surface area contributed by atoms with E-state index >= 15 is 0 Å². The molecule has 1 unspecified atom stereocenters. The molecule has 1 radical (unpaired) electrons. The second-order valence-electron chi connectivity index (χ2n) is 18.1. The Morgan fingerprint density at radius 3 is 1.40 bits per heavy atom. The van der Waals surface area contributed by atoms with Gasteiger partial charge in [0.15, 0.2) is 0 Å². The lowest BCUT2D eigenvalue weighted by atomic mass is 9.75. The summed E-state index contributed by atoms with van der Waals surface area (Å²) in [6.45, 7) is 20.1. The molecule has 1 aliphatic heterocycles. The molecule has 0 bridgehead atoms. The maximum atomic E-state index is 4.64. The molecule has 1 atom stereocenters. The minimum atomic E-state index is 0.0246. The van der Waals surface area contributed by atoms with Gasteiger partial charge in [-0.05, 0) is 48.8 Å². The molecular weight excluding hydrogens is 627 g/mol. The Balaban J connectivity index is 1.68. The van der Waals surface area contributed by atoms with E-state index in [9.17, 15) is 0 Å². The number of para-hydroxylation sites is 1. The van der Waals surface area contributed by atoms with Crippen LogP contribution in [0.2, 0.25) is 0 Å². The van der Waals surface area contributed by atoms with E-state index in [1.165, 1.54) is 210 Å². The largest absolute Gasteiger partial charge is 0.344 e. The van der Waals surface area contributed by atoms with Crippen LogP contribution in [0, 0.1) is 18.3 Å². The summed E-state index contributed by atoms with van der Waals surface area (Å²) < 4.78 is 0. The van der Waals surface area contributed by atoms with E-state index < -0.39 is 0 Å². The van der Waals surface area contributed by atoms with E-state index in [2.05, 4.69) is 95.9 Å². The summed E-state index contributed by atoms with van der Waals surface area (Å²) in [6.07, 6.45) is 49.6. The van der Waals surface area contributed by atoms with Gasteiger partial charge in [0, 0.05) is 23.3 Å². The minimum Gasteiger partial charge on any atom is -0.344 e. The van der Waals surface area contributed by atoms with Gasteiger partial charge < -0.3 is 4.90 Å². The number of benzene rings is 1. The van der Waals surface area contributed by atoms with Crippen molar-refractivity contribution in [2.45, 2.75) is 240 Å². The van der Waals surface area contributed by atoms with Crippen LogP contribution in [0.25, 0.3) is 0 Å².